The van der Waals surface area contributed by atoms with Crippen LogP contribution in [0.25, 0.3) is 0 Å². The molecular weight excluding hydrogens is 464 g/mol. The maximum Gasteiger partial charge on any atom is 0.324 e. The molecule has 9 heteroatoms. The largest absolute Gasteiger partial charge is 0.325 e. The van der Waals surface area contributed by atoms with Gasteiger partial charge in [-0.2, -0.15) is 0 Å². The number of hydrogen-bond donors (Lipinski definition) is 2. The summed E-state index contributed by atoms with van der Waals surface area (Å²) in [6, 6.07) is 7.14. The third-order valence-corrected chi connectivity index (χ3v) is 8.94. The van der Waals surface area contributed by atoms with Gasteiger partial charge in [-0.15, -0.1) is 11.3 Å². The van der Waals surface area contributed by atoms with E-state index in [1.165, 1.54) is 4.90 Å². The van der Waals surface area contributed by atoms with E-state index in [0.717, 1.165) is 34.4 Å². The molecule has 1 spiro atoms. The minimum Gasteiger partial charge on any atom is -0.325 e. The average molecular weight is 495 g/mol. The quantitative estimate of drug-likeness (QED) is 0.637. The number of amides is 5. The number of anilines is 1. The van der Waals surface area contributed by atoms with Crippen LogP contribution in [0.4, 0.5) is 10.5 Å². The summed E-state index contributed by atoms with van der Waals surface area (Å²) in [4.78, 5) is 55.3. The summed E-state index contributed by atoms with van der Waals surface area (Å²) >= 11 is 1.63. The van der Waals surface area contributed by atoms with Crippen LogP contribution in [0.1, 0.15) is 54.3 Å². The van der Waals surface area contributed by atoms with E-state index in [2.05, 4.69) is 16.7 Å². The van der Waals surface area contributed by atoms with E-state index in [-0.39, 0.29) is 36.3 Å². The SMILES string of the molecule is Cc1ccsc1[C@@H]1CCC(C)(C)C(=O)N1CC(=O)Nc1ccc2c(c1)CC1(C2)C(=O)NC(=O)N1C. The van der Waals surface area contributed by atoms with Crippen LogP contribution in [0.2, 0.25) is 0 Å². The Morgan fingerprint density at radius 1 is 1.17 bits per heavy atom. The summed E-state index contributed by atoms with van der Waals surface area (Å²) < 4.78 is 0. The molecule has 5 amide bonds. The lowest BCUT2D eigenvalue weighted by molar-refractivity contribution is -0.150. The minimum atomic E-state index is -0.903. The highest BCUT2D eigenvalue weighted by molar-refractivity contribution is 7.10. The van der Waals surface area contributed by atoms with Crippen molar-refractivity contribution in [2.45, 2.75) is 58.0 Å². The molecule has 2 N–H and O–H groups in total. The van der Waals surface area contributed by atoms with Gasteiger partial charge in [0.15, 0.2) is 0 Å². The van der Waals surface area contributed by atoms with Crippen LogP contribution >= 0.6 is 11.3 Å². The molecule has 1 aromatic heterocycles. The van der Waals surface area contributed by atoms with Crippen LogP contribution in [-0.4, -0.2) is 52.7 Å². The van der Waals surface area contributed by atoms with Gasteiger partial charge in [-0.3, -0.25) is 19.7 Å². The molecule has 8 nitrogen and oxygen atoms in total. The third-order valence-electron chi connectivity index (χ3n) is 7.82. The van der Waals surface area contributed by atoms with Crippen LogP contribution in [0, 0.1) is 12.3 Å². The van der Waals surface area contributed by atoms with Crippen molar-refractivity contribution in [1.29, 1.82) is 0 Å². The molecule has 2 atom stereocenters. The van der Waals surface area contributed by atoms with Crippen molar-refractivity contribution in [1.82, 2.24) is 15.1 Å². The number of benzene rings is 1. The predicted molar refractivity (Wildman–Crippen MR) is 133 cm³/mol. The number of likely N-dealkylation sites (N-methyl/N-ethyl adjacent to an activating group) is 1. The fraction of sp³-hybridized carbons (Fsp3) is 0.462. The van der Waals surface area contributed by atoms with Crippen LogP contribution in [0.5, 0.6) is 0 Å². The number of likely N-dealkylation sites (tertiary alicyclic amines) is 1. The molecule has 0 saturated carbocycles. The molecule has 5 rings (SSSR count). The summed E-state index contributed by atoms with van der Waals surface area (Å²) in [5, 5.41) is 7.37. The Labute approximate surface area is 208 Å². The zero-order chi connectivity index (χ0) is 25.1. The van der Waals surface area contributed by atoms with Gasteiger partial charge in [0.2, 0.25) is 11.8 Å². The number of aryl methyl sites for hydroxylation is 1. The van der Waals surface area contributed by atoms with Gasteiger partial charge in [-0.1, -0.05) is 19.9 Å². The van der Waals surface area contributed by atoms with Crippen molar-refractivity contribution in [2.24, 2.45) is 5.41 Å². The fourth-order valence-electron chi connectivity index (χ4n) is 5.60. The normalized spacial score (nSPS) is 25.3. The maximum absolute atomic E-state index is 13.3. The lowest BCUT2D eigenvalue weighted by Gasteiger charge is -2.42. The van der Waals surface area contributed by atoms with Gasteiger partial charge >= 0.3 is 6.03 Å². The Balaban J connectivity index is 1.33. The first-order chi connectivity index (χ1) is 16.5. The molecular formula is C26H30N4O4S. The average Bonchev–Trinajstić information content (AvgIpc) is 3.45. The van der Waals surface area contributed by atoms with Crippen molar-refractivity contribution < 1.29 is 19.2 Å². The highest BCUT2D eigenvalue weighted by atomic mass is 32.1. The first kappa shape index (κ1) is 23.5. The van der Waals surface area contributed by atoms with E-state index in [0.29, 0.717) is 18.5 Å². The maximum atomic E-state index is 13.3. The number of carbonyl (C=O) groups excluding carboxylic acids is 4. The van der Waals surface area contributed by atoms with Gasteiger partial charge in [-0.25, -0.2) is 4.79 Å². The molecule has 1 aliphatic carbocycles. The van der Waals surface area contributed by atoms with Crippen molar-refractivity contribution in [3.63, 3.8) is 0 Å². The van der Waals surface area contributed by atoms with Crippen LogP contribution in [-0.2, 0) is 27.2 Å². The zero-order valence-electron chi connectivity index (χ0n) is 20.4. The summed E-state index contributed by atoms with van der Waals surface area (Å²) in [5.41, 5.74) is 2.27. The van der Waals surface area contributed by atoms with Crippen molar-refractivity contribution in [3.05, 3.63) is 51.2 Å². The van der Waals surface area contributed by atoms with E-state index in [4.69, 9.17) is 0 Å². The van der Waals surface area contributed by atoms with Gasteiger partial charge in [0.25, 0.3) is 5.91 Å². The minimum absolute atomic E-state index is 0.00690. The molecule has 35 heavy (non-hydrogen) atoms. The van der Waals surface area contributed by atoms with E-state index >= 15 is 0 Å². The lowest BCUT2D eigenvalue weighted by atomic mass is 9.79. The van der Waals surface area contributed by atoms with E-state index in [9.17, 15) is 19.2 Å². The molecule has 0 bridgehead atoms. The third kappa shape index (κ3) is 3.82. The van der Waals surface area contributed by atoms with Crippen molar-refractivity contribution in [2.75, 3.05) is 18.9 Å². The lowest BCUT2D eigenvalue weighted by Crippen LogP contribution is -2.50. The first-order valence-electron chi connectivity index (χ1n) is 11.9. The number of piperidine rings is 1. The molecule has 184 valence electrons. The molecule has 2 saturated heterocycles. The van der Waals surface area contributed by atoms with Crippen molar-refractivity contribution >= 4 is 40.8 Å². The van der Waals surface area contributed by atoms with Gasteiger partial charge < -0.3 is 15.1 Å². The topological polar surface area (TPSA) is 98.8 Å². The van der Waals surface area contributed by atoms with E-state index < -0.39 is 11.0 Å². The Hall–Kier alpha value is -3.20. The van der Waals surface area contributed by atoms with Crippen molar-refractivity contribution in [3.8, 4) is 0 Å². The smallest absolute Gasteiger partial charge is 0.324 e. The molecule has 3 aliphatic rings. The molecule has 0 radical (unpaired) electrons. The monoisotopic (exact) mass is 494 g/mol. The molecule has 3 heterocycles. The highest BCUT2D eigenvalue weighted by Crippen LogP contribution is 2.43. The van der Waals surface area contributed by atoms with Gasteiger partial charge in [0.05, 0.1) is 6.04 Å². The molecule has 1 unspecified atom stereocenters. The van der Waals surface area contributed by atoms with Crippen LogP contribution in [0.3, 0.4) is 0 Å². The zero-order valence-corrected chi connectivity index (χ0v) is 21.3. The summed E-state index contributed by atoms with van der Waals surface area (Å²) in [6.45, 7) is 5.90. The number of thiophene rings is 1. The number of nitrogens with one attached hydrogen (secondary N) is 2. The Morgan fingerprint density at radius 3 is 2.57 bits per heavy atom. The van der Waals surface area contributed by atoms with Gasteiger partial charge in [0.1, 0.15) is 12.1 Å². The Bertz CT molecular complexity index is 1250. The second-order valence-electron chi connectivity index (χ2n) is 10.6. The number of hydrogen-bond acceptors (Lipinski definition) is 5. The molecule has 2 aliphatic heterocycles. The second-order valence-corrected chi connectivity index (χ2v) is 11.5. The van der Waals surface area contributed by atoms with E-state index in [1.54, 1.807) is 23.3 Å². The van der Waals surface area contributed by atoms with E-state index in [1.807, 2.05) is 44.4 Å². The Kier molecular flexibility index (Phi) is 5.51. The number of carbonyl (C=O) groups is 4. The summed E-state index contributed by atoms with van der Waals surface area (Å²) in [5.74, 6) is -0.547. The van der Waals surface area contributed by atoms with Gasteiger partial charge in [-0.05, 0) is 60.0 Å². The summed E-state index contributed by atoms with van der Waals surface area (Å²) in [6.07, 6.45) is 2.45. The van der Waals surface area contributed by atoms with Crippen LogP contribution < -0.4 is 10.6 Å². The van der Waals surface area contributed by atoms with Gasteiger partial charge in [0, 0.05) is 35.9 Å². The summed E-state index contributed by atoms with van der Waals surface area (Å²) in [7, 11) is 1.64. The first-order valence-corrected chi connectivity index (χ1v) is 12.8. The van der Waals surface area contributed by atoms with Crippen LogP contribution in [0.15, 0.2) is 29.6 Å². The molecule has 2 aromatic rings. The number of urea groups is 1. The molecule has 1 aromatic carbocycles. The Morgan fingerprint density at radius 2 is 1.91 bits per heavy atom. The standard InChI is InChI=1S/C26H30N4O4S/c1-15-8-10-35-21(15)19-7-9-25(2,3)23(33)30(19)14-20(31)27-18-6-5-16-12-26(13-17(16)11-18)22(32)28-24(34)29(26)4/h5-6,8,10-11,19H,7,9,12-14H2,1-4H3,(H,27,31)(H,28,32,34)/t19-,26?/m0/s1. The second kappa shape index (κ2) is 8.19. The molecule has 2 fully saturated rings. The highest BCUT2D eigenvalue weighted by Gasteiger charge is 2.54. The number of imide groups is 1. The number of nitrogens with zero attached hydrogens (tertiary/aromatic N) is 2. The fourth-order valence-corrected chi connectivity index (χ4v) is 6.68. The number of fused-ring (bicyclic) bond motifs is 1. The number of rotatable bonds is 4. The predicted octanol–water partition coefficient (Wildman–Crippen LogP) is 3.40.